The van der Waals surface area contributed by atoms with Gasteiger partial charge in [0.2, 0.25) is 0 Å². The number of aromatic amines is 1. The molecule has 2 N–H and O–H groups in total. The molecule has 1 fully saturated rings. The molecule has 6 nitrogen and oxygen atoms in total. The van der Waals surface area contributed by atoms with E-state index in [0.29, 0.717) is 0 Å². The van der Waals surface area contributed by atoms with Gasteiger partial charge in [0.1, 0.15) is 17.5 Å². The molecule has 1 saturated heterocycles. The fraction of sp³-hybridized carbons (Fsp3) is 0.389. The van der Waals surface area contributed by atoms with Crippen LogP contribution in [0.3, 0.4) is 0 Å². The van der Waals surface area contributed by atoms with Crippen molar-refractivity contribution in [3.05, 3.63) is 41.9 Å². The van der Waals surface area contributed by atoms with Crippen LogP contribution in [0.25, 0.3) is 10.9 Å². The number of anilines is 2. The van der Waals surface area contributed by atoms with Crippen LogP contribution < -0.4 is 5.32 Å². The number of rotatable bonds is 3. The van der Waals surface area contributed by atoms with Crippen molar-refractivity contribution in [2.75, 3.05) is 18.9 Å². The molecule has 0 radical (unpaired) electrons. The van der Waals surface area contributed by atoms with Crippen molar-refractivity contribution in [3.63, 3.8) is 0 Å². The number of fused-ring (bicyclic) bond motifs is 1. The molecule has 1 aliphatic heterocycles. The summed E-state index contributed by atoms with van der Waals surface area (Å²) in [5.74, 6) is 2.58. The lowest BCUT2D eigenvalue weighted by Crippen LogP contribution is -2.31. The molecule has 0 saturated carbocycles. The van der Waals surface area contributed by atoms with E-state index in [1.54, 1.807) is 0 Å². The number of piperidine rings is 1. The smallest absolute Gasteiger partial charge is 0.148 e. The Kier molecular flexibility index (Phi) is 3.90. The van der Waals surface area contributed by atoms with E-state index in [1.807, 2.05) is 31.2 Å². The van der Waals surface area contributed by atoms with Crippen molar-refractivity contribution in [1.29, 1.82) is 0 Å². The molecular formula is C18H22N6. The van der Waals surface area contributed by atoms with Gasteiger partial charge in [-0.3, -0.25) is 10.00 Å². The van der Waals surface area contributed by atoms with Crippen LogP contribution in [0.15, 0.2) is 30.3 Å². The second-order valence-corrected chi connectivity index (χ2v) is 6.49. The van der Waals surface area contributed by atoms with Gasteiger partial charge < -0.3 is 5.32 Å². The third-order valence-electron chi connectivity index (χ3n) is 4.65. The number of hydrogen-bond donors (Lipinski definition) is 2. The van der Waals surface area contributed by atoms with Gasteiger partial charge in [-0.15, -0.1) is 0 Å². The van der Waals surface area contributed by atoms with Gasteiger partial charge in [-0.2, -0.15) is 5.10 Å². The first-order chi connectivity index (χ1) is 11.7. The van der Waals surface area contributed by atoms with Crippen LogP contribution in [0.4, 0.5) is 11.6 Å². The fourth-order valence-electron chi connectivity index (χ4n) is 3.35. The van der Waals surface area contributed by atoms with E-state index in [1.165, 1.54) is 12.8 Å². The number of para-hydroxylation sites is 1. The summed E-state index contributed by atoms with van der Waals surface area (Å²) in [4.78, 5) is 12.1. The summed E-state index contributed by atoms with van der Waals surface area (Å²) >= 11 is 0. The molecule has 4 rings (SSSR count). The molecule has 6 heteroatoms. The highest BCUT2D eigenvalue weighted by Crippen LogP contribution is 2.31. The molecule has 2 aromatic heterocycles. The Bertz CT molecular complexity index is 856. The minimum Gasteiger partial charge on any atom is -0.325 e. The summed E-state index contributed by atoms with van der Waals surface area (Å²) in [6, 6.07) is 10.4. The summed E-state index contributed by atoms with van der Waals surface area (Å²) in [7, 11) is 2.16. The van der Waals surface area contributed by atoms with Gasteiger partial charge in [0.15, 0.2) is 0 Å². The van der Waals surface area contributed by atoms with Crippen LogP contribution >= 0.6 is 0 Å². The van der Waals surface area contributed by atoms with Gasteiger partial charge >= 0.3 is 0 Å². The highest BCUT2D eigenvalue weighted by Gasteiger charge is 2.24. The van der Waals surface area contributed by atoms with E-state index < -0.39 is 0 Å². The fourth-order valence-corrected chi connectivity index (χ4v) is 3.35. The highest BCUT2D eigenvalue weighted by atomic mass is 15.2. The average Bonchev–Trinajstić information content (AvgIpc) is 3.00. The van der Waals surface area contributed by atoms with Gasteiger partial charge in [-0.1, -0.05) is 18.6 Å². The van der Waals surface area contributed by atoms with Gasteiger partial charge in [0, 0.05) is 11.5 Å². The summed E-state index contributed by atoms with van der Waals surface area (Å²) in [6.07, 6.45) is 3.59. The lowest BCUT2D eigenvalue weighted by atomic mass is 10.0. The Labute approximate surface area is 141 Å². The maximum atomic E-state index is 4.87. The Balaban J connectivity index is 1.78. The SMILES string of the molecule is Cc1cc(Nc2nc(C3CCCCN3C)nc3ccccc23)[nH]n1. The predicted octanol–water partition coefficient (Wildman–Crippen LogP) is 3.56. The number of H-pyrrole nitrogens is 1. The van der Waals surface area contributed by atoms with Crippen molar-refractivity contribution in [2.45, 2.75) is 32.2 Å². The van der Waals surface area contributed by atoms with Gasteiger partial charge in [0.25, 0.3) is 0 Å². The molecule has 1 aliphatic rings. The van der Waals surface area contributed by atoms with E-state index in [2.05, 4.69) is 33.5 Å². The zero-order valence-electron chi connectivity index (χ0n) is 14.1. The summed E-state index contributed by atoms with van der Waals surface area (Å²) < 4.78 is 0. The monoisotopic (exact) mass is 322 g/mol. The number of aromatic nitrogens is 4. The topological polar surface area (TPSA) is 69.7 Å². The van der Waals surface area contributed by atoms with Gasteiger partial charge in [-0.25, -0.2) is 9.97 Å². The first-order valence-electron chi connectivity index (χ1n) is 8.46. The van der Waals surface area contributed by atoms with Crippen LogP contribution in [-0.2, 0) is 0 Å². The maximum Gasteiger partial charge on any atom is 0.148 e. The van der Waals surface area contributed by atoms with Crippen LogP contribution in [0.2, 0.25) is 0 Å². The lowest BCUT2D eigenvalue weighted by molar-refractivity contribution is 0.180. The molecule has 0 amide bonds. The second-order valence-electron chi connectivity index (χ2n) is 6.49. The number of aryl methyl sites for hydroxylation is 1. The third kappa shape index (κ3) is 2.85. The quantitative estimate of drug-likeness (QED) is 0.771. The number of benzene rings is 1. The predicted molar refractivity (Wildman–Crippen MR) is 95.4 cm³/mol. The molecule has 1 unspecified atom stereocenters. The molecule has 24 heavy (non-hydrogen) atoms. The third-order valence-corrected chi connectivity index (χ3v) is 4.65. The van der Waals surface area contributed by atoms with Crippen molar-refractivity contribution < 1.29 is 0 Å². The number of likely N-dealkylation sites (tertiary alicyclic amines) is 1. The first kappa shape index (κ1) is 15.1. The summed E-state index contributed by atoms with van der Waals surface area (Å²) in [5, 5.41) is 11.6. The normalized spacial score (nSPS) is 18.8. The molecule has 3 aromatic rings. The largest absolute Gasteiger partial charge is 0.325 e. The molecule has 1 atom stereocenters. The Hall–Kier alpha value is -2.47. The Morgan fingerprint density at radius 2 is 2.08 bits per heavy atom. The van der Waals surface area contributed by atoms with Crippen LogP contribution in [0.1, 0.15) is 36.8 Å². The molecule has 0 aliphatic carbocycles. The van der Waals surface area contributed by atoms with Gasteiger partial charge in [0.05, 0.1) is 17.3 Å². The average molecular weight is 322 g/mol. The molecule has 1 aromatic carbocycles. The summed E-state index contributed by atoms with van der Waals surface area (Å²) in [5.41, 5.74) is 1.92. The number of hydrogen-bond acceptors (Lipinski definition) is 5. The van der Waals surface area contributed by atoms with Crippen LogP contribution in [-0.4, -0.2) is 38.7 Å². The highest BCUT2D eigenvalue weighted by molar-refractivity contribution is 5.90. The zero-order valence-corrected chi connectivity index (χ0v) is 14.1. The molecular weight excluding hydrogens is 300 g/mol. The Morgan fingerprint density at radius 1 is 1.21 bits per heavy atom. The Morgan fingerprint density at radius 3 is 2.88 bits per heavy atom. The molecule has 124 valence electrons. The van der Waals surface area contributed by atoms with Crippen molar-refractivity contribution in [2.24, 2.45) is 0 Å². The number of nitrogens with one attached hydrogen (secondary N) is 2. The minimum absolute atomic E-state index is 0.285. The molecule has 0 bridgehead atoms. The van der Waals surface area contributed by atoms with E-state index in [4.69, 9.17) is 9.97 Å². The maximum absolute atomic E-state index is 4.87. The van der Waals surface area contributed by atoms with Gasteiger partial charge in [-0.05, 0) is 45.5 Å². The number of nitrogens with zero attached hydrogens (tertiary/aromatic N) is 4. The van der Waals surface area contributed by atoms with E-state index in [-0.39, 0.29) is 6.04 Å². The minimum atomic E-state index is 0.285. The lowest BCUT2D eigenvalue weighted by Gasteiger charge is -2.31. The summed E-state index contributed by atoms with van der Waals surface area (Å²) in [6.45, 7) is 3.06. The van der Waals surface area contributed by atoms with Crippen LogP contribution in [0.5, 0.6) is 0 Å². The molecule has 3 heterocycles. The van der Waals surface area contributed by atoms with Crippen LogP contribution in [0, 0.1) is 6.92 Å². The van der Waals surface area contributed by atoms with Crippen molar-refractivity contribution in [3.8, 4) is 0 Å². The van der Waals surface area contributed by atoms with Crippen molar-refractivity contribution in [1.82, 2.24) is 25.1 Å². The van der Waals surface area contributed by atoms with E-state index in [0.717, 1.165) is 47.0 Å². The zero-order chi connectivity index (χ0) is 16.5. The van der Waals surface area contributed by atoms with Crippen molar-refractivity contribution >= 4 is 22.5 Å². The van der Waals surface area contributed by atoms with E-state index >= 15 is 0 Å². The molecule has 0 spiro atoms. The first-order valence-corrected chi connectivity index (χ1v) is 8.46. The standard InChI is InChI=1S/C18H22N6/c1-12-11-16(23-22-12)20-17-13-7-3-4-8-14(13)19-18(21-17)15-9-5-6-10-24(15)2/h3-4,7-8,11,15H,5-6,9-10H2,1-2H3,(H2,19,20,21,22,23). The second kappa shape index (κ2) is 6.20. The van der Waals surface area contributed by atoms with E-state index in [9.17, 15) is 0 Å².